The monoisotopic (exact) mass is 331 g/mol. The molecule has 0 aromatic carbocycles. The molecule has 0 unspecified atom stereocenters. The Labute approximate surface area is 135 Å². The molecule has 0 radical (unpaired) electrons. The number of morpholine rings is 1. The molecule has 8 heteroatoms. The van der Waals surface area contributed by atoms with E-state index in [1.807, 2.05) is 20.4 Å². The number of ether oxygens (including phenoxy) is 1. The van der Waals surface area contributed by atoms with Crippen LogP contribution >= 0.6 is 23.4 Å². The van der Waals surface area contributed by atoms with E-state index in [0.717, 1.165) is 36.9 Å². The molecular weight excluding hydrogens is 310 g/mol. The molecule has 118 valence electrons. The van der Waals surface area contributed by atoms with Crippen molar-refractivity contribution in [2.24, 2.45) is 0 Å². The average molecular weight is 332 g/mol. The highest BCUT2D eigenvalue weighted by atomic mass is 35.5. The first-order valence-electron chi connectivity index (χ1n) is 6.94. The van der Waals surface area contributed by atoms with E-state index in [2.05, 4.69) is 25.1 Å². The molecule has 1 fully saturated rings. The van der Waals surface area contributed by atoms with Crippen LogP contribution in [0.2, 0.25) is 5.15 Å². The van der Waals surface area contributed by atoms with Gasteiger partial charge in [-0.2, -0.15) is 9.97 Å². The first kappa shape index (κ1) is 16.6. The van der Waals surface area contributed by atoms with Gasteiger partial charge >= 0.3 is 0 Å². The van der Waals surface area contributed by atoms with Gasteiger partial charge in [-0.05, 0) is 20.4 Å². The van der Waals surface area contributed by atoms with Gasteiger partial charge in [-0.25, -0.2) is 0 Å². The van der Waals surface area contributed by atoms with Crippen LogP contribution in [0.25, 0.3) is 0 Å². The van der Waals surface area contributed by atoms with Crippen molar-refractivity contribution in [1.82, 2.24) is 14.9 Å². The first-order valence-corrected chi connectivity index (χ1v) is 8.55. The Morgan fingerprint density at radius 1 is 1.33 bits per heavy atom. The quantitative estimate of drug-likeness (QED) is 0.628. The van der Waals surface area contributed by atoms with E-state index in [4.69, 9.17) is 16.3 Å². The van der Waals surface area contributed by atoms with Crippen LogP contribution in [0.1, 0.15) is 0 Å². The molecule has 2 rings (SSSR count). The fourth-order valence-electron chi connectivity index (χ4n) is 2.02. The van der Waals surface area contributed by atoms with E-state index in [1.54, 1.807) is 11.8 Å². The minimum Gasteiger partial charge on any atom is -0.378 e. The lowest BCUT2D eigenvalue weighted by Crippen LogP contribution is -2.37. The van der Waals surface area contributed by atoms with E-state index in [1.165, 1.54) is 0 Å². The Kier molecular flexibility index (Phi) is 6.35. The minimum atomic E-state index is 0.506. The molecule has 0 bridgehead atoms. The zero-order valence-corrected chi connectivity index (χ0v) is 14.3. The van der Waals surface area contributed by atoms with Gasteiger partial charge in [-0.3, -0.25) is 0 Å². The number of likely N-dealkylation sites (N-methyl/N-ethyl adjacent to an activating group) is 1. The highest BCUT2D eigenvalue weighted by molar-refractivity contribution is 7.98. The van der Waals surface area contributed by atoms with Crippen LogP contribution in [-0.4, -0.2) is 74.6 Å². The minimum absolute atomic E-state index is 0.506. The van der Waals surface area contributed by atoms with Gasteiger partial charge in [0.05, 0.1) is 18.1 Å². The van der Waals surface area contributed by atoms with Crippen molar-refractivity contribution in [1.29, 1.82) is 0 Å². The maximum absolute atomic E-state index is 6.32. The van der Waals surface area contributed by atoms with Gasteiger partial charge in [0.1, 0.15) is 11.0 Å². The van der Waals surface area contributed by atoms with Crippen LogP contribution in [0.3, 0.4) is 0 Å². The third-order valence-electron chi connectivity index (χ3n) is 3.16. The second-order valence-electron chi connectivity index (χ2n) is 5.03. The van der Waals surface area contributed by atoms with Crippen molar-refractivity contribution in [2.75, 3.05) is 70.0 Å². The number of hydrogen-bond acceptors (Lipinski definition) is 7. The van der Waals surface area contributed by atoms with Crippen molar-refractivity contribution >= 4 is 35.1 Å². The van der Waals surface area contributed by atoms with E-state index in [0.29, 0.717) is 24.3 Å². The normalized spacial score (nSPS) is 15.6. The van der Waals surface area contributed by atoms with Crippen LogP contribution in [0.4, 0.5) is 11.8 Å². The van der Waals surface area contributed by atoms with E-state index < -0.39 is 0 Å². The summed E-state index contributed by atoms with van der Waals surface area (Å²) in [6.45, 7) is 4.75. The summed E-state index contributed by atoms with van der Waals surface area (Å²) in [4.78, 5) is 14.2. The highest BCUT2D eigenvalue weighted by Crippen LogP contribution is 2.32. The van der Waals surface area contributed by atoms with E-state index >= 15 is 0 Å². The van der Waals surface area contributed by atoms with Gasteiger partial charge in [-0.1, -0.05) is 11.6 Å². The average Bonchev–Trinajstić information content (AvgIpc) is 2.47. The van der Waals surface area contributed by atoms with Gasteiger partial charge in [0.15, 0.2) is 0 Å². The zero-order chi connectivity index (χ0) is 15.2. The van der Waals surface area contributed by atoms with Gasteiger partial charge in [-0.15, -0.1) is 11.8 Å². The smallest absolute Gasteiger partial charge is 0.228 e. The molecule has 0 atom stereocenters. The molecule has 1 aliphatic rings. The van der Waals surface area contributed by atoms with Crippen LogP contribution in [0, 0.1) is 0 Å². The fraction of sp³-hybridized carbons (Fsp3) is 0.692. The highest BCUT2D eigenvalue weighted by Gasteiger charge is 2.18. The number of hydrogen-bond donors (Lipinski definition) is 1. The molecule has 0 amide bonds. The summed E-state index contributed by atoms with van der Waals surface area (Å²) in [6, 6.07) is 0. The van der Waals surface area contributed by atoms with Gasteiger partial charge < -0.3 is 19.9 Å². The summed E-state index contributed by atoms with van der Waals surface area (Å²) >= 11 is 7.88. The summed E-state index contributed by atoms with van der Waals surface area (Å²) < 4.78 is 5.36. The molecule has 1 aliphatic heterocycles. The summed E-state index contributed by atoms with van der Waals surface area (Å²) in [6.07, 6.45) is 1.98. The molecule has 0 saturated carbocycles. The Bertz CT molecular complexity index is 468. The summed E-state index contributed by atoms with van der Waals surface area (Å²) in [7, 11) is 4.09. The zero-order valence-electron chi connectivity index (χ0n) is 12.7. The van der Waals surface area contributed by atoms with Gasteiger partial charge in [0.2, 0.25) is 5.95 Å². The molecule has 1 aromatic rings. The summed E-state index contributed by atoms with van der Waals surface area (Å²) in [5.41, 5.74) is 0. The number of thioether (sulfide) groups is 1. The standard InChI is InChI=1S/C13H22ClN5OS/c1-18(2)5-4-15-12-10(21-3)11(14)16-13(17-12)19-6-8-20-9-7-19/h4-9H2,1-3H3,(H,15,16,17). The molecule has 1 N–H and O–H groups in total. The summed E-state index contributed by atoms with van der Waals surface area (Å²) in [5.74, 6) is 1.49. The van der Waals surface area contributed by atoms with Gasteiger partial charge in [0.25, 0.3) is 0 Å². The largest absolute Gasteiger partial charge is 0.378 e. The third-order valence-corrected chi connectivity index (χ3v) is 4.34. The first-order chi connectivity index (χ1) is 10.1. The van der Waals surface area contributed by atoms with E-state index in [-0.39, 0.29) is 0 Å². The number of anilines is 2. The molecular formula is C13H22ClN5OS. The predicted octanol–water partition coefficient (Wildman–Crippen LogP) is 1.66. The number of nitrogens with one attached hydrogen (secondary N) is 1. The van der Waals surface area contributed by atoms with Crippen molar-refractivity contribution in [3.8, 4) is 0 Å². The van der Waals surface area contributed by atoms with Crippen LogP contribution < -0.4 is 10.2 Å². The maximum Gasteiger partial charge on any atom is 0.228 e. The second kappa shape index (κ2) is 8.03. The van der Waals surface area contributed by atoms with Gasteiger partial charge in [0, 0.05) is 26.2 Å². The van der Waals surface area contributed by atoms with Crippen molar-refractivity contribution in [3.63, 3.8) is 0 Å². The lowest BCUT2D eigenvalue weighted by molar-refractivity contribution is 0.122. The third kappa shape index (κ3) is 4.60. The number of rotatable bonds is 6. The Morgan fingerprint density at radius 3 is 2.67 bits per heavy atom. The second-order valence-corrected chi connectivity index (χ2v) is 6.20. The van der Waals surface area contributed by atoms with Crippen molar-refractivity contribution in [2.45, 2.75) is 4.90 Å². The number of aromatic nitrogens is 2. The van der Waals surface area contributed by atoms with E-state index in [9.17, 15) is 0 Å². The topological polar surface area (TPSA) is 53.5 Å². The number of halogens is 1. The molecule has 6 nitrogen and oxygen atoms in total. The lowest BCUT2D eigenvalue weighted by atomic mass is 10.4. The molecule has 21 heavy (non-hydrogen) atoms. The van der Waals surface area contributed by atoms with Crippen LogP contribution in [-0.2, 0) is 4.74 Å². The lowest BCUT2D eigenvalue weighted by Gasteiger charge is -2.27. The van der Waals surface area contributed by atoms with Crippen molar-refractivity contribution < 1.29 is 4.74 Å². The van der Waals surface area contributed by atoms with Crippen LogP contribution in [0.15, 0.2) is 4.90 Å². The molecule has 1 aromatic heterocycles. The molecule has 2 heterocycles. The maximum atomic E-state index is 6.32. The fourth-order valence-corrected chi connectivity index (χ4v) is 2.94. The molecule has 0 aliphatic carbocycles. The molecule has 0 spiro atoms. The predicted molar refractivity (Wildman–Crippen MR) is 88.9 cm³/mol. The molecule has 1 saturated heterocycles. The Hall–Kier alpha value is -0.760. The Morgan fingerprint density at radius 2 is 2.05 bits per heavy atom. The summed E-state index contributed by atoms with van der Waals surface area (Å²) in [5, 5.41) is 3.87. The SMILES string of the molecule is CSc1c(Cl)nc(N2CCOCC2)nc1NCCN(C)C. The number of nitrogens with zero attached hydrogens (tertiary/aromatic N) is 4. The van der Waals surface area contributed by atoms with Crippen molar-refractivity contribution in [3.05, 3.63) is 5.15 Å². The Balaban J connectivity index is 2.17. The van der Waals surface area contributed by atoms with Crippen LogP contribution in [0.5, 0.6) is 0 Å².